The lowest BCUT2D eigenvalue weighted by Crippen LogP contribution is -2.48. The van der Waals surface area contributed by atoms with Gasteiger partial charge in [0.05, 0.1) is 6.04 Å². The Kier molecular flexibility index (Phi) is 3.71. The maximum atomic E-state index is 13.2. The van der Waals surface area contributed by atoms with Gasteiger partial charge >= 0.3 is 6.03 Å². The first-order valence-corrected chi connectivity index (χ1v) is 9.80. The number of hydrogen-bond acceptors (Lipinski definition) is 6. The number of urea groups is 1. The largest absolute Gasteiger partial charge is 0.325 e. The summed E-state index contributed by atoms with van der Waals surface area (Å²) in [7, 11) is 0. The summed E-state index contributed by atoms with van der Waals surface area (Å²) in [5.41, 5.74) is 2.25. The Morgan fingerprint density at radius 3 is 2.85 bits per heavy atom. The van der Waals surface area contributed by atoms with Gasteiger partial charge in [0.15, 0.2) is 16.7 Å². The van der Waals surface area contributed by atoms with Crippen molar-refractivity contribution < 1.29 is 4.79 Å². The third kappa shape index (κ3) is 2.53. The molecule has 0 saturated carbocycles. The van der Waals surface area contributed by atoms with E-state index < -0.39 is 0 Å². The van der Waals surface area contributed by atoms with Crippen LogP contribution >= 0.6 is 11.5 Å². The predicted molar refractivity (Wildman–Crippen MR) is 102 cm³/mol. The molecule has 27 heavy (non-hydrogen) atoms. The average molecular weight is 381 g/mol. The number of aryl methyl sites for hydroxylation is 1. The van der Waals surface area contributed by atoms with Gasteiger partial charge in [-0.05, 0) is 43.4 Å². The lowest BCUT2D eigenvalue weighted by atomic mass is 10.2. The highest BCUT2D eigenvalue weighted by Gasteiger charge is 2.36. The van der Waals surface area contributed by atoms with Crippen molar-refractivity contribution in [1.82, 2.24) is 29.0 Å². The van der Waals surface area contributed by atoms with E-state index in [1.807, 2.05) is 41.8 Å². The molecule has 2 aliphatic rings. The van der Waals surface area contributed by atoms with Crippen molar-refractivity contribution in [2.45, 2.75) is 32.9 Å². The molecule has 0 spiro atoms. The molecule has 2 amide bonds. The summed E-state index contributed by atoms with van der Waals surface area (Å²) in [5.74, 6) is 2.27. The van der Waals surface area contributed by atoms with Crippen molar-refractivity contribution in [3.63, 3.8) is 0 Å². The highest BCUT2D eigenvalue weighted by atomic mass is 32.1. The Hall–Kier alpha value is -2.81. The summed E-state index contributed by atoms with van der Waals surface area (Å²) in [6.45, 7) is 5.87. The maximum Gasteiger partial charge on any atom is 0.325 e. The quantitative estimate of drug-likeness (QED) is 0.647. The second-order valence-corrected chi connectivity index (χ2v) is 7.61. The Bertz CT molecular complexity index is 1030. The standard InChI is InChI=1S/C18H19N7OS/c1-11-15-20-21-16(17-19-12(2)22-27-17)25(15)10-9-23(11)18(26)24-8-7-13-5-3-4-6-14(13)24/h3-6,11H,7-10H2,1-2H3/t11-/m1/s1. The molecule has 0 aliphatic carbocycles. The SMILES string of the molecule is Cc1nsc(-c2nnc3n2CCN(C(=O)N2CCc4ccccc42)[C@@H]3C)n1. The van der Waals surface area contributed by atoms with Crippen LogP contribution in [0.15, 0.2) is 24.3 Å². The van der Waals surface area contributed by atoms with E-state index >= 15 is 0 Å². The Balaban J connectivity index is 1.43. The smallest absolute Gasteiger partial charge is 0.313 e. The van der Waals surface area contributed by atoms with E-state index in [4.69, 9.17) is 0 Å². The predicted octanol–water partition coefficient (Wildman–Crippen LogP) is 2.66. The minimum absolute atomic E-state index is 0.0370. The lowest BCUT2D eigenvalue weighted by Gasteiger charge is -2.36. The molecule has 0 radical (unpaired) electrons. The van der Waals surface area contributed by atoms with Crippen molar-refractivity contribution in [2.75, 3.05) is 18.0 Å². The number of hydrogen-bond donors (Lipinski definition) is 0. The van der Waals surface area contributed by atoms with Gasteiger partial charge < -0.3 is 9.47 Å². The molecule has 138 valence electrons. The topological polar surface area (TPSA) is 80.0 Å². The van der Waals surface area contributed by atoms with Crippen LogP contribution < -0.4 is 4.90 Å². The second kappa shape index (κ2) is 6.12. The number of amides is 2. The fourth-order valence-corrected chi connectivity index (χ4v) is 4.55. The molecular formula is C18H19N7OS. The van der Waals surface area contributed by atoms with Crippen LogP contribution in [-0.4, -0.2) is 48.1 Å². The zero-order valence-electron chi connectivity index (χ0n) is 15.2. The van der Waals surface area contributed by atoms with Crippen LogP contribution in [0.5, 0.6) is 0 Å². The summed E-state index contributed by atoms with van der Waals surface area (Å²) < 4.78 is 6.30. The van der Waals surface area contributed by atoms with Crippen molar-refractivity contribution in [1.29, 1.82) is 0 Å². The minimum atomic E-state index is -0.144. The van der Waals surface area contributed by atoms with Crippen LogP contribution in [0.3, 0.4) is 0 Å². The molecule has 0 N–H and O–H groups in total. The summed E-state index contributed by atoms with van der Waals surface area (Å²) in [6.07, 6.45) is 0.904. The molecule has 0 bridgehead atoms. The fraction of sp³-hybridized carbons (Fsp3) is 0.389. The van der Waals surface area contributed by atoms with Crippen molar-refractivity contribution in [3.05, 3.63) is 41.5 Å². The number of benzene rings is 1. The van der Waals surface area contributed by atoms with Gasteiger partial charge in [-0.25, -0.2) is 9.78 Å². The van der Waals surface area contributed by atoms with Gasteiger partial charge in [-0.3, -0.25) is 4.90 Å². The monoisotopic (exact) mass is 381 g/mol. The Morgan fingerprint density at radius 1 is 1.19 bits per heavy atom. The van der Waals surface area contributed by atoms with Crippen LogP contribution in [0.1, 0.15) is 30.2 Å². The molecule has 1 atom stereocenters. The molecule has 5 rings (SSSR count). The van der Waals surface area contributed by atoms with Gasteiger partial charge in [0.1, 0.15) is 5.82 Å². The summed E-state index contributed by atoms with van der Waals surface area (Å²) in [5, 5.41) is 9.46. The number of fused-ring (bicyclic) bond motifs is 2. The van der Waals surface area contributed by atoms with Gasteiger partial charge in [0.25, 0.3) is 0 Å². The van der Waals surface area contributed by atoms with Crippen molar-refractivity contribution in [3.8, 4) is 10.8 Å². The van der Waals surface area contributed by atoms with Crippen molar-refractivity contribution >= 4 is 23.3 Å². The molecule has 0 saturated heterocycles. The van der Waals surface area contributed by atoms with Gasteiger partial charge in [-0.15, -0.1) is 10.2 Å². The maximum absolute atomic E-state index is 13.2. The normalized spacial score (nSPS) is 18.5. The number of para-hydroxylation sites is 1. The first kappa shape index (κ1) is 16.4. The average Bonchev–Trinajstić information content (AvgIpc) is 3.39. The minimum Gasteiger partial charge on any atom is -0.313 e. The Morgan fingerprint density at radius 2 is 2.04 bits per heavy atom. The molecule has 8 nitrogen and oxygen atoms in total. The summed E-state index contributed by atoms with van der Waals surface area (Å²) in [4.78, 5) is 21.4. The first-order chi connectivity index (χ1) is 13.1. The van der Waals surface area contributed by atoms with E-state index in [1.165, 1.54) is 17.1 Å². The van der Waals surface area contributed by atoms with Crippen LogP contribution in [0, 0.1) is 6.92 Å². The molecule has 4 heterocycles. The summed E-state index contributed by atoms with van der Waals surface area (Å²) in [6, 6.07) is 8.01. The third-order valence-electron chi connectivity index (χ3n) is 5.27. The Labute approximate surface area is 160 Å². The number of carbonyl (C=O) groups excluding carboxylic acids is 1. The van der Waals surface area contributed by atoms with Gasteiger partial charge in [0, 0.05) is 25.3 Å². The first-order valence-electron chi connectivity index (χ1n) is 9.03. The van der Waals surface area contributed by atoms with Crippen LogP contribution in [-0.2, 0) is 13.0 Å². The van der Waals surface area contributed by atoms with Gasteiger partial charge in [-0.2, -0.15) is 4.37 Å². The number of anilines is 1. The van der Waals surface area contributed by atoms with Gasteiger partial charge in [-0.1, -0.05) is 18.2 Å². The second-order valence-electron chi connectivity index (χ2n) is 6.86. The van der Waals surface area contributed by atoms with Crippen LogP contribution in [0.2, 0.25) is 0 Å². The fourth-order valence-electron chi connectivity index (χ4n) is 3.88. The van der Waals surface area contributed by atoms with Gasteiger partial charge in [0.2, 0.25) is 0 Å². The number of nitrogens with zero attached hydrogens (tertiary/aromatic N) is 7. The number of carbonyl (C=O) groups is 1. The van der Waals surface area contributed by atoms with E-state index in [0.29, 0.717) is 13.1 Å². The number of rotatable bonds is 1. The lowest BCUT2D eigenvalue weighted by molar-refractivity contribution is 0.167. The molecule has 0 fully saturated rings. The molecule has 2 aliphatic heterocycles. The van der Waals surface area contributed by atoms with E-state index in [-0.39, 0.29) is 12.1 Å². The van der Waals surface area contributed by atoms with E-state index in [1.54, 1.807) is 0 Å². The third-order valence-corrected chi connectivity index (χ3v) is 6.07. The van der Waals surface area contributed by atoms with E-state index in [0.717, 1.165) is 41.1 Å². The molecular weight excluding hydrogens is 362 g/mol. The highest BCUT2D eigenvalue weighted by molar-refractivity contribution is 7.09. The zero-order chi connectivity index (χ0) is 18.5. The molecule has 9 heteroatoms. The number of aromatic nitrogens is 5. The molecule has 3 aromatic rings. The molecule has 2 aromatic heterocycles. The van der Waals surface area contributed by atoms with Crippen LogP contribution in [0.25, 0.3) is 10.8 Å². The van der Waals surface area contributed by atoms with E-state index in [9.17, 15) is 4.79 Å². The highest BCUT2D eigenvalue weighted by Crippen LogP contribution is 2.33. The van der Waals surface area contributed by atoms with Crippen LogP contribution in [0.4, 0.5) is 10.5 Å². The summed E-state index contributed by atoms with van der Waals surface area (Å²) >= 11 is 1.33. The zero-order valence-corrected chi connectivity index (χ0v) is 16.0. The van der Waals surface area contributed by atoms with Crippen molar-refractivity contribution in [2.24, 2.45) is 0 Å². The molecule has 0 unspecified atom stereocenters. The molecule has 1 aromatic carbocycles. The van der Waals surface area contributed by atoms with E-state index in [2.05, 4.69) is 30.2 Å².